The number of aromatic nitrogens is 3. The van der Waals surface area contributed by atoms with Gasteiger partial charge in [0.25, 0.3) is 0 Å². The Hall–Kier alpha value is -1.85. The standard InChI is InChI=1S/C13H17N5O4S/c1-15-11-7-5(10(14)23)2-18(12(7)17-4-16-11)13-9(21)8(20)6(3-19)22-13/h2,4,6,8-9,13,19-21H,3H2,1H3,(H2,14,23)(H,15,16,17)/t6-,8+,9-,13-/m0/s1. The van der Waals surface area contributed by atoms with Gasteiger partial charge in [0.05, 0.1) is 12.0 Å². The highest BCUT2D eigenvalue weighted by Crippen LogP contribution is 2.34. The minimum absolute atomic E-state index is 0.145. The lowest BCUT2D eigenvalue weighted by Gasteiger charge is -2.17. The van der Waals surface area contributed by atoms with E-state index in [1.807, 2.05) is 0 Å². The normalized spacial score (nSPS) is 27.5. The molecule has 0 bridgehead atoms. The molecule has 0 aliphatic carbocycles. The molecule has 0 spiro atoms. The van der Waals surface area contributed by atoms with E-state index in [9.17, 15) is 15.3 Å². The number of rotatable bonds is 4. The van der Waals surface area contributed by atoms with Crippen molar-refractivity contribution in [3.63, 3.8) is 0 Å². The van der Waals surface area contributed by atoms with Gasteiger partial charge in [-0.15, -0.1) is 0 Å². The summed E-state index contributed by atoms with van der Waals surface area (Å²) in [5.74, 6) is 0.531. The third-order valence-corrected chi connectivity index (χ3v) is 4.12. The maximum absolute atomic E-state index is 10.2. The summed E-state index contributed by atoms with van der Waals surface area (Å²) in [6.45, 7) is -0.410. The molecule has 0 saturated carbocycles. The maximum Gasteiger partial charge on any atom is 0.164 e. The molecule has 3 rings (SSSR count). The number of nitrogens with two attached hydrogens (primary N) is 1. The van der Waals surface area contributed by atoms with E-state index >= 15 is 0 Å². The van der Waals surface area contributed by atoms with Gasteiger partial charge in [0.15, 0.2) is 6.23 Å². The fourth-order valence-corrected chi connectivity index (χ4v) is 2.92. The van der Waals surface area contributed by atoms with Crippen molar-refractivity contribution in [1.82, 2.24) is 14.5 Å². The second-order valence-corrected chi connectivity index (χ2v) is 5.65. The number of fused-ring (bicyclic) bond motifs is 1. The summed E-state index contributed by atoms with van der Waals surface area (Å²) in [4.78, 5) is 8.48. The molecule has 1 fully saturated rings. The largest absolute Gasteiger partial charge is 0.394 e. The molecule has 0 aromatic carbocycles. The van der Waals surface area contributed by atoms with Crippen molar-refractivity contribution in [1.29, 1.82) is 0 Å². The van der Waals surface area contributed by atoms with Crippen LogP contribution in [0.1, 0.15) is 11.8 Å². The van der Waals surface area contributed by atoms with E-state index in [2.05, 4.69) is 15.3 Å². The van der Waals surface area contributed by atoms with Gasteiger partial charge in [-0.3, -0.25) is 0 Å². The second-order valence-electron chi connectivity index (χ2n) is 5.21. The van der Waals surface area contributed by atoms with Crippen molar-refractivity contribution in [2.75, 3.05) is 19.0 Å². The first kappa shape index (κ1) is 16.0. The number of aliphatic hydroxyl groups excluding tert-OH is 3. The molecule has 4 atom stereocenters. The summed E-state index contributed by atoms with van der Waals surface area (Å²) in [6, 6.07) is 0. The number of aliphatic hydroxyl groups is 3. The van der Waals surface area contributed by atoms with Crippen molar-refractivity contribution in [3.8, 4) is 0 Å². The zero-order valence-corrected chi connectivity index (χ0v) is 13.1. The van der Waals surface area contributed by atoms with Crippen LogP contribution >= 0.6 is 12.2 Å². The van der Waals surface area contributed by atoms with E-state index in [-0.39, 0.29) is 4.99 Å². The van der Waals surface area contributed by atoms with Gasteiger partial charge >= 0.3 is 0 Å². The molecule has 3 heterocycles. The lowest BCUT2D eigenvalue weighted by molar-refractivity contribution is -0.0508. The molecular formula is C13H17N5O4S. The Morgan fingerprint density at radius 2 is 2.17 bits per heavy atom. The van der Waals surface area contributed by atoms with E-state index in [1.54, 1.807) is 13.2 Å². The maximum atomic E-state index is 10.2. The summed E-state index contributed by atoms with van der Waals surface area (Å²) >= 11 is 5.07. The molecular weight excluding hydrogens is 322 g/mol. The minimum Gasteiger partial charge on any atom is -0.394 e. The van der Waals surface area contributed by atoms with Crippen LogP contribution in [-0.2, 0) is 4.74 Å². The summed E-state index contributed by atoms with van der Waals surface area (Å²) < 4.78 is 7.08. The van der Waals surface area contributed by atoms with Crippen LogP contribution in [0.25, 0.3) is 11.0 Å². The number of nitrogens with one attached hydrogen (secondary N) is 1. The first-order chi connectivity index (χ1) is 11.0. The smallest absolute Gasteiger partial charge is 0.164 e. The number of anilines is 1. The average Bonchev–Trinajstić information content (AvgIpc) is 3.06. The molecule has 10 heteroatoms. The van der Waals surface area contributed by atoms with E-state index in [0.29, 0.717) is 22.4 Å². The molecule has 6 N–H and O–H groups in total. The SMILES string of the molecule is CNc1ncnc2c1c(C(N)=S)cn2[C@H]1O[C@@H](CO)[C@@H](O)[C@@H]1O. The quantitative estimate of drug-likeness (QED) is 0.431. The Balaban J connectivity index is 2.18. The fraction of sp³-hybridized carbons (Fsp3) is 0.462. The molecule has 9 nitrogen and oxygen atoms in total. The van der Waals surface area contributed by atoms with Gasteiger partial charge in [-0.05, 0) is 0 Å². The first-order valence-electron chi connectivity index (χ1n) is 6.95. The van der Waals surface area contributed by atoms with Gasteiger partial charge < -0.3 is 35.7 Å². The first-order valence-corrected chi connectivity index (χ1v) is 7.36. The molecule has 1 saturated heterocycles. The summed E-state index contributed by atoms with van der Waals surface area (Å²) in [7, 11) is 1.70. The average molecular weight is 339 g/mol. The predicted molar refractivity (Wildman–Crippen MR) is 86.0 cm³/mol. The van der Waals surface area contributed by atoms with Crippen LogP contribution in [0.15, 0.2) is 12.5 Å². The lowest BCUT2D eigenvalue weighted by Crippen LogP contribution is -2.33. The van der Waals surface area contributed by atoms with Crippen LogP contribution in [0.4, 0.5) is 5.82 Å². The third-order valence-electron chi connectivity index (χ3n) is 3.90. The van der Waals surface area contributed by atoms with Crippen molar-refractivity contribution in [2.45, 2.75) is 24.5 Å². The molecule has 2 aromatic heterocycles. The molecule has 1 aliphatic rings. The Morgan fingerprint density at radius 1 is 1.43 bits per heavy atom. The summed E-state index contributed by atoms with van der Waals surface area (Å²) in [5.41, 5.74) is 6.74. The van der Waals surface area contributed by atoms with E-state index in [0.717, 1.165) is 0 Å². The Kier molecular flexibility index (Phi) is 4.17. The molecule has 23 heavy (non-hydrogen) atoms. The Bertz CT molecular complexity index is 751. The highest BCUT2D eigenvalue weighted by Gasteiger charge is 2.44. The summed E-state index contributed by atoms with van der Waals surface area (Å²) in [5, 5.41) is 32.9. The predicted octanol–water partition coefficient (Wildman–Crippen LogP) is -1.28. The number of thiocarbonyl (C=S) groups is 1. The van der Waals surface area contributed by atoms with E-state index < -0.39 is 31.1 Å². The van der Waals surface area contributed by atoms with E-state index in [1.165, 1.54) is 10.9 Å². The Morgan fingerprint density at radius 3 is 2.74 bits per heavy atom. The molecule has 0 radical (unpaired) electrons. The zero-order valence-electron chi connectivity index (χ0n) is 12.2. The molecule has 0 unspecified atom stereocenters. The van der Waals surface area contributed by atoms with Crippen molar-refractivity contribution in [2.24, 2.45) is 5.73 Å². The molecule has 2 aromatic rings. The monoisotopic (exact) mass is 339 g/mol. The highest BCUT2D eigenvalue weighted by atomic mass is 32.1. The van der Waals surface area contributed by atoms with Crippen LogP contribution in [0.2, 0.25) is 0 Å². The van der Waals surface area contributed by atoms with Gasteiger partial charge in [-0.2, -0.15) is 0 Å². The number of nitrogens with zero attached hydrogens (tertiary/aromatic N) is 3. The molecule has 0 amide bonds. The van der Waals surface area contributed by atoms with Crippen LogP contribution in [0.5, 0.6) is 0 Å². The van der Waals surface area contributed by atoms with Gasteiger partial charge in [0.2, 0.25) is 0 Å². The zero-order chi connectivity index (χ0) is 16.7. The summed E-state index contributed by atoms with van der Waals surface area (Å²) in [6.07, 6.45) is -1.28. The third kappa shape index (κ3) is 2.44. The van der Waals surface area contributed by atoms with Crippen LogP contribution in [0, 0.1) is 0 Å². The van der Waals surface area contributed by atoms with Crippen molar-refractivity contribution in [3.05, 3.63) is 18.1 Å². The topological polar surface area (TPSA) is 139 Å². The lowest BCUT2D eigenvalue weighted by atomic mass is 10.1. The van der Waals surface area contributed by atoms with Crippen LogP contribution in [-0.4, -0.2) is 66.8 Å². The van der Waals surface area contributed by atoms with Crippen molar-refractivity contribution < 1.29 is 20.1 Å². The van der Waals surface area contributed by atoms with Gasteiger partial charge in [-0.1, -0.05) is 12.2 Å². The van der Waals surface area contributed by atoms with Gasteiger partial charge in [0, 0.05) is 18.8 Å². The number of ether oxygens (including phenoxy) is 1. The van der Waals surface area contributed by atoms with Crippen LogP contribution in [0.3, 0.4) is 0 Å². The molecule has 124 valence electrons. The number of hydrogen-bond acceptors (Lipinski definition) is 8. The number of hydrogen-bond donors (Lipinski definition) is 5. The van der Waals surface area contributed by atoms with Gasteiger partial charge in [-0.25, -0.2) is 9.97 Å². The Labute approximate surface area is 136 Å². The highest BCUT2D eigenvalue weighted by molar-refractivity contribution is 7.80. The van der Waals surface area contributed by atoms with Crippen molar-refractivity contribution >= 4 is 34.1 Å². The second kappa shape index (κ2) is 5.98. The van der Waals surface area contributed by atoms with Crippen LogP contribution < -0.4 is 11.1 Å². The van der Waals surface area contributed by atoms with Gasteiger partial charge in [0.1, 0.15) is 41.1 Å². The van der Waals surface area contributed by atoms with E-state index in [4.69, 9.17) is 22.7 Å². The fourth-order valence-electron chi connectivity index (χ4n) is 2.77. The minimum atomic E-state index is -1.23. The molecule has 1 aliphatic heterocycles.